The first kappa shape index (κ1) is 24.3. The van der Waals surface area contributed by atoms with E-state index >= 15 is 0 Å². The predicted octanol–water partition coefficient (Wildman–Crippen LogP) is 6.48. The number of thioether (sulfide) groups is 1. The molecule has 174 valence electrons. The van der Waals surface area contributed by atoms with Crippen LogP contribution in [-0.4, -0.2) is 24.0 Å². The highest BCUT2D eigenvalue weighted by atomic mass is 35.5. The molecule has 34 heavy (non-hydrogen) atoms. The van der Waals surface area contributed by atoms with Crippen molar-refractivity contribution >= 4 is 34.2 Å². The van der Waals surface area contributed by atoms with Crippen LogP contribution in [0.3, 0.4) is 0 Å². The third-order valence-electron chi connectivity index (χ3n) is 6.17. The summed E-state index contributed by atoms with van der Waals surface area (Å²) in [6.07, 6.45) is 2.22. The van der Waals surface area contributed by atoms with Gasteiger partial charge in [0.15, 0.2) is 5.17 Å². The van der Waals surface area contributed by atoms with E-state index in [2.05, 4.69) is 40.6 Å². The summed E-state index contributed by atoms with van der Waals surface area (Å²) >= 11 is 7.26. The maximum atomic E-state index is 13.7. The molecule has 1 fully saturated rings. The van der Waals surface area contributed by atoms with Crippen molar-refractivity contribution in [3.8, 4) is 17.2 Å². The Balaban J connectivity index is 1.52. The molecule has 1 unspecified atom stereocenters. The van der Waals surface area contributed by atoms with Gasteiger partial charge in [0.1, 0.15) is 5.82 Å². The summed E-state index contributed by atoms with van der Waals surface area (Å²) in [6, 6.07) is 22.9. The molecule has 1 aliphatic rings. The normalized spacial score (nSPS) is 15.6. The fraction of sp³-hybridized carbons (Fsp3) is 0.259. The average molecular weight is 493 g/mol. The highest BCUT2D eigenvalue weighted by Crippen LogP contribution is 2.35. The Kier molecular flexibility index (Phi) is 8.23. The van der Waals surface area contributed by atoms with Gasteiger partial charge in [0.25, 0.3) is 0 Å². The summed E-state index contributed by atoms with van der Waals surface area (Å²) in [5.41, 5.74) is 10.7. The van der Waals surface area contributed by atoms with Crippen LogP contribution < -0.4 is 11.1 Å². The first-order valence-electron chi connectivity index (χ1n) is 11.3. The van der Waals surface area contributed by atoms with Crippen molar-refractivity contribution < 1.29 is 4.39 Å². The third-order valence-corrected chi connectivity index (χ3v) is 7.39. The number of nitrogens with zero attached hydrogens (tertiary/aromatic N) is 2. The van der Waals surface area contributed by atoms with Gasteiger partial charge in [-0.05, 0) is 78.7 Å². The molecule has 4 nitrogen and oxygen atoms in total. The van der Waals surface area contributed by atoms with Crippen LogP contribution in [0.25, 0.3) is 11.1 Å². The first-order valence-corrected chi connectivity index (χ1v) is 12.6. The SMILES string of the molecule is N#Cc1cccc(-c2ccc(C(CSC(N)=Nc3ccc(Cl)c(F)c3)C3CCNCC3)cc2)c1. The molecule has 3 aromatic rings. The lowest BCUT2D eigenvalue weighted by Gasteiger charge is -2.31. The maximum absolute atomic E-state index is 13.7. The second-order valence-electron chi connectivity index (χ2n) is 8.37. The monoisotopic (exact) mass is 492 g/mol. The number of hydrogen-bond donors (Lipinski definition) is 2. The third kappa shape index (κ3) is 6.18. The van der Waals surface area contributed by atoms with E-state index in [-0.39, 0.29) is 5.02 Å². The second kappa shape index (κ2) is 11.5. The number of halogens is 2. The summed E-state index contributed by atoms with van der Waals surface area (Å²) in [5.74, 6) is 1.15. The van der Waals surface area contributed by atoms with E-state index in [9.17, 15) is 9.65 Å². The van der Waals surface area contributed by atoms with Crippen LogP contribution in [0.5, 0.6) is 0 Å². The summed E-state index contributed by atoms with van der Waals surface area (Å²) in [5, 5.41) is 13.1. The standard InChI is InChI=1S/C27H26ClFN4S/c28-25-9-8-23(15-26(25)29)33-27(31)34-17-24(21-10-12-32-13-11-21)20-6-4-19(5-7-20)22-3-1-2-18(14-22)16-30/h1-9,14-15,21,24,32H,10-13,17H2,(H2,31,33). The molecule has 0 saturated carbocycles. The number of amidine groups is 1. The Morgan fingerprint density at radius 3 is 2.59 bits per heavy atom. The van der Waals surface area contributed by atoms with Gasteiger partial charge in [-0.3, -0.25) is 0 Å². The molecule has 3 aromatic carbocycles. The Hall–Kier alpha value is -2.85. The topological polar surface area (TPSA) is 74.2 Å². The minimum Gasteiger partial charge on any atom is -0.378 e. The molecule has 3 N–H and O–H groups in total. The van der Waals surface area contributed by atoms with Crippen LogP contribution >= 0.6 is 23.4 Å². The lowest BCUT2D eigenvalue weighted by atomic mass is 9.81. The van der Waals surface area contributed by atoms with Crippen molar-refractivity contribution in [2.75, 3.05) is 18.8 Å². The van der Waals surface area contributed by atoms with Gasteiger partial charge >= 0.3 is 0 Å². The van der Waals surface area contributed by atoms with Gasteiger partial charge in [-0.2, -0.15) is 5.26 Å². The zero-order valence-corrected chi connectivity index (χ0v) is 20.2. The first-order chi connectivity index (χ1) is 16.5. The zero-order valence-electron chi connectivity index (χ0n) is 18.7. The molecular weight excluding hydrogens is 467 g/mol. The highest BCUT2D eigenvalue weighted by Gasteiger charge is 2.25. The molecule has 0 amide bonds. The van der Waals surface area contributed by atoms with Crippen LogP contribution in [0.1, 0.15) is 29.9 Å². The molecule has 4 rings (SSSR count). The number of aliphatic imine (C=N–C) groups is 1. The molecule has 1 saturated heterocycles. The lowest BCUT2D eigenvalue weighted by Crippen LogP contribution is -2.32. The number of hydrogen-bond acceptors (Lipinski definition) is 4. The molecular formula is C27H26ClFN4S. The van der Waals surface area contributed by atoms with Crippen LogP contribution in [-0.2, 0) is 0 Å². The molecule has 1 heterocycles. The van der Waals surface area contributed by atoms with Gasteiger partial charge in [0.2, 0.25) is 0 Å². The van der Waals surface area contributed by atoms with Crippen molar-refractivity contribution in [1.82, 2.24) is 5.32 Å². The number of nitrogens with two attached hydrogens (primary N) is 1. The van der Waals surface area contributed by atoms with E-state index < -0.39 is 5.82 Å². The minimum absolute atomic E-state index is 0.0685. The number of piperidine rings is 1. The van der Waals surface area contributed by atoms with Crippen LogP contribution in [0.15, 0.2) is 71.7 Å². The Bertz CT molecular complexity index is 1200. The fourth-order valence-corrected chi connectivity index (χ4v) is 5.43. The summed E-state index contributed by atoms with van der Waals surface area (Å²) in [4.78, 5) is 4.36. The van der Waals surface area contributed by atoms with Crippen LogP contribution in [0.2, 0.25) is 5.02 Å². The number of rotatable bonds is 6. The van der Waals surface area contributed by atoms with E-state index in [1.165, 1.54) is 29.5 Å². The number of nitriles is 1. The molecule has 0 bridgehead atoms. The van der Waals surface area contributed by atoms with Gasteiger partial charge in [-0.15, -0.1) is 0 Å². The van der Waals surface area contributed by atoms with Crippen molar-refractivity contribution in [1.29, 1.82) is 5.26 Å². The largest absolute Gasteiger partial charge is 0.378 e. The van der Waals surface area contributed by atoms with Crippen LogP contribution in [0, 0.1) is 23.1 Å². The van der Waals surface area contributed by atoms with Crippen molar-refractivity contribution in [2.45, 2.75) is 18.8 Å². The van der Waals surface area contributed by atoms with Gasteiger partial charge in [-0.25, -0.2) is 9.38 Å². The van der Waals surface area contributed by atoms with Crippen molar-refractivity contribution in [2.24, 2.45) is 16.6 Å². The average Bonchev–Trinajstić information content (AvgIpc) is 2.87. The van der Waals surface area contributed by atoms with E-state index in [0.29, 0.717) is 28.3 Å². The Morgan fingerprint density at radius 1 is 1.12 bits per heavy atom. The molecule has 1 atom stereocenters. The lowest BCUT2D eigenvalue weighted by molar-refractivity contribution is 0.333. The van der Waals surface area contributed by atoms with Gasteiger partial charge in [-0.1, -0.05) is 59.8 Å². The van der Waals surface area contributed by atoms with E-state index in [0.717, 1.165) is 42.8 Å². The molecule has 0 aliphatic carbocycles. The zero-order chi connectivity index (χ0) is 23.9. The van der Waals surface area contributed by atoms with Gasteiger partial charge in [0.05, 0.1) is 22.3 Å². The van der Waals surface area contributed by atoms with Crippen LogP contribution in [0.4, 0.5) is 10.1 Å². The van der Waals surface area contributed by atoms with Crippen molar-refractivity contribution in [3.63, 3.8) is 0 Å². The molecule has 1 aliphatic heterocycles. The van der Waals surface area contributed by atoms with Gasteiger partial charge in [0, 0.05) is 11.8 Å². The number of benzene rings is 3. The second-order valence-corrected chi connectivity index (χ2v) is 9.82. The van der Waals surface area contributed by atoms with Crippen molar-refractivity contribution in [3.05, 3.63) is 88.7 Å². The summed E-state index contributed by atoms with van der Waals surface area (Å²) < 4.78 is 13.7. The quantitative estimate of drug-likeness (QED) is 0.305. The highest BCUT2D eigenvalue weighted by molar-refractivity contribution is 8.13. The van der Waals surface area contributed by atoms with E-state index in [1.54, 1.807) is 6.07 Å². The Labute approximate surface area is 209 Å². The number of nitrogens with one attached hydrogen (secondary N) is 1. The fourth-order valence-electron chi connectivity index (χ4n) is 4.33. The van der Waals surface area contributed by atoms with E-state index in [1.807, 2.05) is 24.3 Å². The summed E-state index contributed by atoms with van der Waals surface area (Å²) in [7, 11) is 0. The smallest absolute Gasteiger partial charge is 0.159 e. The summed E-state index contributed by atoms with van der Waals surface area (Å²) in [6.45, 7) is 2.02. The molecule has 0 spiro atoms. The molecule has 0 aromatic heterocycles. The molecule has 7 heteroatoms. The van der Waals surface area contributed by atoms with Gasteiger partial charge < -0.3 is 11.1 Å². The Morgan fingerprint density at radius 2 is 1.88 bits per heavy atom. The maximum Gasteiger partial charge on any atom is 0.159 e. The molecule has 0 radical (unpaired) electrons. The minimum atomic E-state index is -0.506. The predicted molar refractivity (Wildman–Crippen MR) is 140 cm³/mol. The van der Waals surface area contributed by atoms with E-state index in [4.69, 9.17) is 17.3 Å².